The van der Waals surface area contributed by atoms with Gasteiger partial charge in [0.05, 0.1) is 5.41 Å². The van der Waals surface area contributed by atoms with Gasteiger partial charge in [-0.3, -0.25) is 4.79 Å². The number of hydrogen-bond acceptors (Lipinski definition) is 2. The lowest BCUT2D eigenvalue weighted by atomic mass is 9.92. The molecule has 0 unspecified atom stereocenters. The second-order valence-corrected chi connectivity index (χ2v) is 6.43. The van der Waals surface area contributed by atoms with Crippen molar-refractivity contribution in [2.45, 2.75) is 56.4 Å². The summed E-state index contributed by atoms with van der Waals surface area (Å²) in [7, 11) is 0. The van der Waals surface area contributed by atoms with Gasteiger partial charge in [-0.15, -0.1) is 0 Å². The topological polar surface area (TPSA) is 55.1 Å². The predicted molar refractivity (Wildman–Crippen MR) is 76.8 cm³/mol. The lowest BCUT2D eigenvalue weighted by Crippen LogP contribution is -2.48. The van der Waals surface area contributed by atoms with Gasteiger partial charge < -0.3 is 11.1 Å². The zero-order valence-electron chi connectivity index (χ0n) is 11.5. The van der Waals surface area contributed by atoms with Gasteiger partial charge >= 0.3 is 0 Å². The number of nitrogens with one attached hydrogen (secondary N) is 1. The normalized spacial score (nSPS) is 23.0. The fourth-order valence-electron chi connectivity index (χ4n) is 3.25. The summed E-state index contributed by atoms with van der Waals surface area (Å²) in [5.41, 5.74) is 7.32. The molecular formula is C16H22N2O. The van der Waals surface area contributed by atoms with E-state index in [-0.39, 0.29) is 16.9 Å². The number of amides is 1. The lowest BCUT2D eigenvalue weighted by Gasteiger charge is -2.28. The third-order valence-corrected chi connectivity index (χ3v) is 4.77. The van der Waals surface area contributed by atoms with Gasteiger partial charge in [0, 0.05) is 11.2 Å². The maximum atomic E-state index is 12.6. The molecule has 3 nitrogen and oxygen atoms in total. The van der Waals surface area contributed by atoms with Crippen LogP contribution in [-0.2, 0) is 10.2 Å². The van der Waals surface area contributed by atoms with Crippen molar-refractivity contribution < 1.29 is 4.79 Å². The molecule has 102 valence electrons. The number of nitrogens with two attached hydrogens (primary N) is 1. The minimum atomic E-state index is -0.278. The Hall–Kier alpha value is -1.51. The molecule has 1 amide bonds. The highest BCUT2D eigenvalue weighted by Gasteiger charge is 2.52. The van der Waals surface area contributed by atoms with Crippen molar-refractivity contribution in [3.05, 3.63) is 29.8 Å². The van der Waals surface area contributed by atoms with Crippen molar-refractivity contribution in [3.8, 4) is 0 Å². The zero-order chi connectivity index (χ0) is 13.5. The number of hydrogen-bond donors (Lipinski definition) is 2. The molecule has 3 N–H and O–H groups in total. The average molecular weight is 258 g/mol. The highest BCUT2D eigenvalue weighted by atomic mass is 16.2. The Kier molecular flexibility index (Phi) is 2.80. The third-order valence-electron chi connectivity index (χ3n) is 4.77. The maximum absolute atomic E-state index is 12.6. The molecule has 3 heteroatoms. The smallest absolute Gasteiger partial charge is 0.231 e. The van der Waals surface area contributed by atoms with E-state index >= 15 is 0 Å². The Balaban J connectivity index is 1.77. The van der Waals surface area contributed by atoms with E-state index in [9.17, 15) is 4.79 Å². The maximum Gasteiger partial charge on any atom is 0.231 e. The molecule has 0 radical (unpaired) electrons. The first-order valence-corrected chi connectivity index (χ1v) is 7.23. The molecule has 0 saturated heterocycles. The monoisotopic (exact) mass is 258 g/mol. The van der Waals surface area contributed by atoms with E-state index in [1.807, 2.05) is 24.3 Å². The van der Waals surface area contributed by atoms with E-state index in [1.165, 1.54) is 12.8 Å². The van der Waals surface area contributed by atoms with Gasteiger partial charge in [-0.05, 0) is 50.3 Å². The number of anilines is 1. The Morgan fingerprint density at radius 3 is 2.21 bits per heavy atom. The van der Waals surface area contributed by atoms with E-state index in [2.05, 4.69) is 12.2 Å². The Morgan fingerprint density at radius 1 is 1.11 bits per heavy atom. The van der Waals surface area contributed by atoms with E-state index in [1.54, 1.807) is 0 Å². The van der Waals surface area contributed by atoms with Crippen molar-refractivity contribution in [2.24, 2.45) is 0 Å². The molecule has 1 aromatic rings. The van der Waals surface area contributed by atoms with Crippen LogP contribution in [0.2, 0.25) is 0 Å². The molecule has 0 aliphatic heterocycles. The van der Waals surface area contributed by atoms with Crippen molar-refractivity contribution in [2.75, 3.05) is 5.73 Å². The zero-order valence-corrected chi connectivity index (χ0v) is 11.5. The average Bonchev–Trinajstić information content (AvgIpc) is 3.09. The van der Waals surface area contributed by atoms with E-state index in [0.717, 1.165) is 36.9 Å². The second kappa shape index (κ2) is 4.26. The second-order valence-electron chi connectivity index (χ2n) is 6.43. The molecular weight excluding hydrogens is 236 g/mol. The third kappa shape index (κ3) is 2.22. The number of carbonyl (C=O) groups is 1. The molecule has 2 fully saturated rings. The summed E-state index contributed by atoms with van der Waals surface area (Å²) < 4.78 is 0. The summed E-state index contributed by atoms with van der Waals surface area (Å²) in [5, 5.41) is 3.30. The molecule has 0 aromatic heterocycles. The SMILES string of the molecule is CC1(NC(=O)C2(c3ccc(N)cc3)CC2)CCCC1. The molecule has 0 atom stereocenters. The summed E-state index contributed by atoms with van der Waals surface area (Å²) in [4.78, 5) is 12.6. The van der Waals surface area contributed by atoms with Gasteiger partial charge in [0.25, 0.3) is 0 Å². The predicted octanol–water partition coefficient (Wildman–Crippen LogP) is 2.75. The van der Waals surface area contributed by atoms with Crippen LogP contribution in [0.5, 0.6) is 0 Å². The molecule has 0 spiro atoms. The standard InChI is InChI=1S/C16H22N2O/c1-15(8-2-3-9-15)18-14(19)16(10-11-16)12-4-6-13(17)7-5-12/h4-7H,2-3,8-11,17H2,1H3,(H,18,19). The summed E-state index contributed by atoms with van der Waals surface area (Å²) in [5.74, 6) is 0.210. The molecule has 19 heavy (non-hydrogen) atoms. The number of benzene rings is 1. The van der Waals surface area contributed by atoms with Crippen molar-refractivity contribution in [1.29, 1.82) is 0 Å². The quantitative estimate of drug-likeness (QED) is 0.819. The van der Waals surface area contributed by atoms with Gasteiger partial charge in [-0.1, -0.05) is 25.0 Å². The van der Waals surface area contributed by atoms with Crippen LogP contribution >= 0.6 is 0 Å². The summed E-state index contributed by atoms with van der Waals surface area (Å²) >= 11 is 0. The lowest BCUT2D eigenvalue weighted by molar-refractivity contribution is -0.125. The highest BCUT2D eigenvalue weighted by Crippen LogP contribution is 2.49. The molecule has 2 saturated carbocycles. The van der Waals surface area contributed by atoms with Crippen LogP contribution in [0.4, 0.5) is 5.69 Å². The molecule has 1 aromatic carbocycles. The van der Waals surface area contributed by atoms with Crippen LogP contribution in [0.3, 0.4) is 0 Å². The largest absolute Gasteiger partial charge is 0.399 e. The van der Waals surface area contributed by atoms with E-state index < -0.39 is 0 Å². The van der Waals surface area contributed by atoms with Gasteiger partial charge in [0.2, 0.25) is 5.91 Å². The number of carbonyl (C=O) groups excluding carboxylic acids is 1. The molecule has 2 aliphatic rings. The molecule has 0 bridgehead atoms. The van der Waals surface area contributed by atoms with Gasteiger partial charge in [0.1, 0.15) is 0 Å². The van der Waals surface area contributed by atoms with Crippen molar-refractivity contribution in [3.63, 3.8) is 0 Å². The first kappa shape index (κ1) is 12.5. The van der Waals surface area contributed by atoms with Crippen molar-refractivity contribution in [1.82, 2.24) is 5.32 Å². The van der Waals surface area contributed by atoms with Gasteiger partial charge in [-0.25, -0.2) is 0 Å². The fourth-order valence-corrected chi connectivity index (χ4v) is 3.25. The van der Waals surface area contributed by atoms with Crippen LogP contribution in [0.25, 0.3) is 0 Å². The molecule has 3 rings (SSSR count). The first-order chi connectivity index (χ1) is 9.04. The van der Waals surface area contributed by atoms with E-state index in [0.29, 0.717) is 0 Å². The van der Waals surface area contributed by atoms with Gasteiger partial charge in [0.15, 0.2) is 0 Å². The Bertz CT molecular complexity index is 482. The summed E-state index contributed by atoms with van der Waals surface area (Å²) in [6.07, 6.45) is 6.59. The van der Waals surface area contributed by atoms with E-state index in [4.69, 9.17) is 5.73 Å². The molecule has 2 aliphatic carbocycles. The highest BCUT2D eigenvalue weighted by molar-refractivity contribution is 5.91. The van der Waals surface area contributed by atoms with Crippen molar-refractivity contribution >= 4 is 11.6 Å². The Morgan fingerprint density at radius 2 is 1.68 bits per heavy atom. The molecule has 0 heterocycles. The number of nitrogen functional groups attached to an aromatic ring is 1. The summed E-state index contributed by atoms with van der Waals surface area (Å²) in [6, 6.07) is 7.78. The van der Waals surface area contributed by atoms with Crippen LogP contribution in [0.1, 0.15) is 51.0 Å². The van der Waals surface area contributed by atoms with Crippen LogP contribution in [-0.4, -0.2) is 11.4 Å². The van der Waals surface area contributed by atoms with Crippen LogP contribution in [0.15, 0.2) is 24.3 Å². The minimum Gasteiger partial charge on any atom is -0.399 e. The Labute approximate surface area is 114 Å². The van der Waals surface area contributed by atoms with Crippen LogP contribution in [0, 0.1) is 0 Å². The fraction of sp³-hybridized carbons (Fsp3) is 0.562. The van der Waals surface area contributed by atoms with Gasteiger partial charge in [-0.2, -0.15) is 0 Å². The summed E-state index contributed by atoms with van der Waals surface area (Å²) in [6.45, 7) is 2.18. The minimum absolute atomic E-state index is 0.0144. The number of rotatable bonds is 3. The first-order valence-electron chi connectivity index (χ1n) is 7.23. The van der Waals surface area contributed by atoms with Crippen LogP contribution < -0.4 is 11.1 Å².